The maximum absolute atomic E-state index is 6.05. The topological polar surface area (TPSA) is 29.3 Å². The lowest BCUT2D eigenvalue weighted by Gasteiger charge is -2.39. The lowest BCUT2D eigenvalue weighted by molar-refractivity contribution is 0.129. The number of likely N-dealkylation sites (tertiary alicyclic amines) is 1. The molecule has 0 aromatic carbocycles. The summed E-state index contributed by atoms with van der Waals surface area (Å²) in [6.45, 7) is 9.09. The molecule has 2 heteroatoms. The van der Waals surface area contributed by atoms with E-state index in [1.807, 2.05) is 0 Å². The molecular weight excluding hydrogens is 148 g/mol. The van der Waals surface area contributed by atoms with Crippen LogP contribution in [-0.4, -0.2) is 29.6 Å². The third-order valence-electron chi connectivity index (χ3n) is 3.15. The minimum absolute atomic E-state index is 0.101. The zero-order valence-corrected chi connectivity index (χ0v) is 8.64. The molecule has 2 N–H and O–H groups in total. The first-order valence-corrected chi connectivity index (χ1v) is 5.08. The summed E-state index contributed by atoms with van der Waals surface area (Å²) in [5.41, 5.74) is 6.16. The highest BCUT2D eigenvalue weighted by Gasteiger charge is 2.27. The molecule has 1 saturated heterocycles. The van der Waals surface area contributed by atoms with Gasteiger partial charge in [0.25, 0.3) is 0 Å². The average molecular weight is 170 g/mol. The van der Waals surface area contributed by atoms with Crippen LogP contribution in [0.2, 0.25) is 0 Å². The third kappa shape index (κ3) is 2.46. The summed E-state index contributed by atoms with van der Waals surface area (Å²) in [4.78, 5) is 2.55. The largest absolute Gasteiger partial charge is 0.325 e. The smallest absolute Gasteiger partial charge is 0.0150 e. The quantitative estimate of drug-likeness (QED) is 0.682. The van der Waals surface area contributed by atoms with Gasteiger partial charge in [0.15, 0.2) is 0 Å². The Hall–Kier alpha value is -0.0800. The van der Waals surface area contributed by atoms with Gasteiger partial charge in [0, 0.05) is 24.7 Å². The van der Waals surface area contributed by atoms with Crippen LogP contribution < -0.4 is 5.73 Å². The number of nitrogens with two attached hydrogens (primary N) is 1. The van der Waals surface area contributed by atoms with E-state index in [0.717, 1.165) is 18.9 Å². The molecule has 1 aliphatic rings. The number of hydrogen-bond acceptors (Lipinski definition) is 2. The molecule has 2 nitrogen and oxygen atoms in total. The Bertz CT molecular complexity index is 133. The third-order valence-corrected chi connectivity index (χ3v) is 3.15. The molecule has 0 aromatic rings. The van der Waals surface area contributed by atoms with Crippen LogP contribution in [-0.2, 0) is 0 Å². The molecule has 0 saturated carbocycles. The molecule has 0 aliphatic carbocycles. The zero-order valence-electron chi connectivity index (χ0n) is 8.64. The van der Waals surface area contributed by atoms with Crippen molar-refractivity contribution >= 4 is 0 Å². The summed E-state index contributed by atoms with van der Waals surface area (Å²) in [5, 5.41) is 0. The fourth-order valence-electron chi connectivity index (χ4n) is 1.73. The van der Waals surface area contributed by atoms with Gasteiger partial charge >= 0.3 is 0 Å². The fourth-order valence-corrected chi connectivity index (χ4v) is 1.73. The maximum atomic E-state index is 6.05. The van der Waals surface area contributed by atoms with E-state index < -0.39 is 0 Å². The molecule has 1 heterocycles. The van der Waals surface area contributed by atoms with Crippen molar-refractivity contribution in [1.82, 2.24) is 4.90 Å². The minimum Gasteiger partial charge on any atom is -0.325 e. The molecule has 0 spiro atoms. The minimum atomic E-state index is 0.101. The van der Waals surface area contributed by atoms with Crippen LogP contribution in [0.4, 0.5) is 0 Å². The fraction of sp³-hybridized carbons (Fsp3) is 1.00. The summed E-state index contributed by atoms with van der Waals surface area (Å²) in [6.07, 6.45) is 3.55. The first kappa shape index (κ1) is 10.0. The lowest BCUT2D eigenvalue weighted by Crippen LogP contribution is -2.50. The van der Waals surface area contributed by atoms with Gasteiger partial charge < -0.3 is 10.6 Å². The van der Waals surface area contributed by atoms with E-state index >= 15 is 0 Å². The summed E-state index contributed by atoms with van der Waals surface area (Å²) in [5.74, 6) is 0. The highest BCUT2D eigenvalue weighted by atomic mass is 15.2. The van der Waals surface area contributed by atoms with Crippen LogP contribution in [0, 0.1) is 0 Å². The zero-order chi connectivity index (χ0) is 9.19. The van der Waals surface area contributed by atoms with E-state index in [0.29, 0.717) is 0 Å². The normalized spacial score (nSPS) is 27.0. The second kappa shape index (κ2) is 3.75. The van der Waals surface area contributed by atoms with Crippen LogP contribution in [0.1, 0.15) is 40.0 Å². The van der Waals surface area contributed by atoms with Gasteiger partial charge in [-0.15, -0.1) is 0 Å². The Labute approximate surface area is 76.1 Å². The van der Waals surface area contributed by atoms with Crippen LogP contribution in [0.15, 0.2) is 0 Å². The first-order valence-electron chi connectivity index (χ1n) is 5.08. The van der Waals surface area contributed by atoms with Crippen molar-refractivity contribution < 1.29 is 0 Å². The Balaban J connectivity index is 2.36. The van der Waals surface area contributed by atoms with Crippen LogP contribution >= 0.6 is 0 Å². The monoisotopic (exact) mass is 170 g/mol. The van der Waals surface area contributed by atoms with Crippen molar-refractivity contribution in [2.24, 2.45) is 5.73 Å². The van der Waals surface area contributed by atoms with Crippen molar-refractivity contribution in [3.63, 3.8) is 0 Å². The molecule has 72 valence electrons. The molecule has 1 unspecified atom stereocenters. The summed E-state index contributed by atoms with van der Waals surface area (Å²) in [6, 6.07) is 0.737. The predicted octanol–water partition coefficient (Wildman–Crippen LogP) is 1.60. The van der Waals surface area contributed by atoms with Crippen molar-refractivity contribution in [1.29, 1.82) is 0 Å². The molecule has 0 amide bonds. The van der Waals surface area contributed by atoms with Crippen molar-refractivity contribution in [2.75, 3.05) is 13.1 Å². The van der Waals surface area contributed by atoms with E-state index in [1.165, 1.54) is 19.5 Å². The second-order valence-electron chi connectivity index (χ2n) is 4.45. The number of hydrogen-bond donors (Lipinski definition) is 1. The lowest BCUT2D eigenvalue weighted by atomic mass is 9.90. The molecular formula is C10H22N2. The van der Waals surface area contributed by atoms with E-state index in [1.54, 1.807) is 0 Å². The van der Waals surface area contributed by atoms with E-state index in [-0.39, 0.29) is 5.54 Å². The van der Waals surface area contributed by atoms with Gasteiger partial charge in [-0.1, -0.05) is 6.92 Å². The van der Waals surface area contributed by atoms with Gasteiger partial charge in [-0.05, 0) is 33.1 Å². The molecule has 0 radical (unpaired) electrons. The summed E-state index contributed by atoms with van der Waals surface area (Å²) >= 11 is 0. The second-order valence-corrected chi connectivity index (χ2v) is 4.45. The van der Waals surface area contributed by atoms with E-state index in [4.69, 9.17) is 5.73 Å². The molecule has 0 bridgehead atoms. The number of nitrogens with zero attached hydrogens (tertiary/aromatic N) is 1. The number of rotatable bonds is 2. The summed E-state index contributed by atoms with van der Waals surface area (Å²) < 4.78 is 0. The Kier molecular flexibility index (Phi) is 3.13. The van der Waals surface area contributed by atoms with E-state index in [9.17, 15) is 0 Å². The van der Waals surface area contributed by atoms with E-state index in [2.05, 4.69) is 25.7 Å². The highest BCUT2D eigenvalue weighted by Crippen LogP contribution is 2.20. The van der Waals surface area contributed by atoms with Crippen molar-refractivity contribution in [3.8, 4) is 0 Å². The molecule has 0 aromatic heterocycles. The van der Waals surface area contributed by atoms with Gasteiger partial charge in [-0.2, -0.15) is 0 Å². The average Bonchev–Trinajstić information content (AvgIpc) is 2.03. The predicted molar refractivity (Wildman–Crippen MR) is 53.2 cm³/mol. The van der Waals surface area contributed by atoms with Gasteiger partial charge in [-0.3, -0.25) is 0 Å². The maximum Gasteiger partial charge on any atom is 0.0150 e. The Morgan fingerprint density at radius 2 is 1.92 bits per heavy atom. The molecule has 1 atom stereocenters. The van der Waals surface area contributed by atoms with Gasteiger partial charge in [0.2, 0.25) is 0 Å². The SMILES string of the molecule is CCC(C)N1CCC(C)(N)CC1. The van der Waals surface area contributed by atoms with Crippen LogP contribution in [0.25, 0.3) is 0 Å². The number of piperidine rings is 1. The Morgan fingerprint density at radius 1 is 1.42 bits per heavy atom. The summed E-state index contributed by atoms with van der Waals surface area (Å²) in [7, 11) is 0. The van der Waals surface area contributed by atoms with Crippen LogP contribution in [0.5, 0.6) is 0 Å². The highest BCUT2D eigenvalue weighted by molar-refractivity contribution is 4.87. The Morgan fingerprint density at radius 3 is 2.33 bits per heavy atom. The van der Waals surface area contributed by atoms with Crippen molar-refractivity contribution in [2.45, 2.75) is 51.6 Å². The molecule has 1 fully saturated rings. The molecule has 1 aliphatic heterocycles. The first-order chi connectivity index (χ1) is 5.55. The molecule has 12 heavy (non-hydrogen) atoms. The van der Waals surface area contributed by atoms with Gasteiger partial charge in [-0.25, -0.2) is 0 Å². The van der Waals surface area contributed by atoms with Crippen LogP contribution in [0.3, 0.4) is 0 Å². The standard InChI is InChI=1S/C10H22N2/c1-4-9(2)12-7-5-10(3,11)6-8-12/h9H,4-8,11H2,1-3H3. The molecule has 1 rings (SSSR count). The van der Waals surface area contributed by atoms with Gasteiger partial charge in [0.05, 0.1) is 0 Å². The van der Waals surface area contributed by atoms with Gasteiger partial charge in [0.1, 0.15) is 0 Å². The van der Waals surface area contributed by atoms with Crippen molar-refractivity contribution in [3.05, 3.63) is 0 Å².